The number of hydrogen-bond acceptors (Lipinski definition) is 7. The lowest BCUT2D eigenvalue weighted by molar-refractivity contribution is -0.118. The van der Waals surface area contributed by atoms with Crippen molar-refractivity contribution in [2.75, 3.05) is 4.90 Å². The number of ketones is 1. The van der Waals surface area contributed by atoms with Gasteiger partial charge in [0.1, 0.15) is 16.9 Å². The fourth-order valence-electron chi connectivity index (χ4n) is 5.34. The summed E-state index contributed by atoms with van der Waals surface area (Å²) < 4.78 is 0. The average Bonchev–Trinajstić information content (AvgIpc) is 3.39. The van der Waals surface area contributed by atoms with Crippen LogP contribution < -0.4 is 10.6 Å². The molecule has 0 aromatic carbocycles. The fourth-order valence-corrected chi connectivity index (χ4v) is 7.40. The summed E-state index contributed by atoms with van der Waals surface area (Å²) in [5, 5.41) is 25.0. The van der Waals surface area contributed by atoms with Crippen molar-refractivity contribution >= 4 is 33.5 Å². The SMILES string of the molecule is CC1(C)CC(=O)C2=C(C1)N(c1sc3c(c1C#N)CCCC3)C(N)=C(C#N)[C@@H]2c1ccsc1. The Morgan fingerprint density at radius 3 is 2.66 bits per heavy atom. The zero-order chi connectivity index (χ0) is 22.6. The first-order chi connectivity index (χ1) is 15.4. The second-order valence-electron chi connectivity index (χ2n) is 9.54. The highest BCUT2D eigenvalue weighted by Crippen LogP contribution is 2.52. The minimum Gasteiger partial charge on any atom is -0.384 e. The zero-order valence-electron chi connectivity index (χ0n) is 18.2. The highest BCUT2D eigenvalue weighted by atomic mass is 32.1. The largest absolute Gasteiger partial charge is 0.384 e. The average molecular weight is 461 g/mol. The lowest BCUT2D eigenvalue weighted by Crippen LogP contribution is -2.42. The van der Waals surface area contributed by atoms with Gasteiger partial charge in [0, 0.05) is 22.6 Å². The number of nitriles is 2. The maximum Gasteiger partial charge on any atom is 0.162 e. The van der Waals surface area contributed by atoms with Gasteiger partial charge in [-0.05, 0) is 65.5 Å². The molecule has 1 atom stereocenters. The van der Waals surface area contributed by atoms with Gasteiger partial charge < -0.3 is 5.73 Å². The lowest BCUT2D eigenvalue weighted by Gasteiger charge is -2.43. The van der Waals surface area contributed by atoms with E-state index < -0.39 is 5.92 Å². The topological polar surface area (TPSA) is 93.9 Å². The number of nitrogens with zero attached hydrogens (tertiary/aromatic N) is 3. The molecule has 0 bridgehead atoms. The quantitative estimate of drug-likeness (QED) is 0.638. The van der Waals surface area contributed by atoms with Gasteiger partial charge in [0.15, 0.2) is 5.78 Å². The molecule has 3 aliphatic rings. The third kappa shape index (κ3) is 3.11. The third-order valence-electron chi connectivity index (χ3n) is 6.73. The van der Waals surface area contributed by atoms with Crippen molar-refractivity contribution in [1.29, 1.82) is 10.5 Å². The summed E-state index contributed by atoms with van der Waals surface area (Å²) in [4.78, 5) is 16.6. The van der Waals surface area contributed by atoms with Crippen LogP contribution >= 0.6 is 22.7 Å². The number of thiophene rings is 2. The summed E-state index contributed by atoms with van der Waals surface area (Å²) in [6.45, 7) is 4.19. The summed E-state index contributed by atoms with van der Waals surface area (Å²) in [5.74, 6) is -0.0261. The first-order valence-electron chi connectivity index (χ1n) is 10.9. The van der Waals surface area contributed by atoms with Gasteiger partial charge in [0.25, 0.3) is 0 Å². The minimum atomic E-state index is -0.443. The molecule has 0 fully saturated rings. The maximum atomic E-state index is 13.5. The Hall–Kier alpha value is -2.87. The van der Waals surface area contributed by atoms with E-state index in [-0.39, 0.29) is 11.2 Å². The van der Waals surface area contributed by atoms with Crippen LogP contribution in [-0.2, 0) is 17.6 Å². The van der Waals surface area contributed by atoms with Gasteiger partial charge in [0.05, 0.1) is 23.1 Å². The number of hydrogen-bond donors (Lipinski definition) is 1. The molecule has 2 N–H and O–H groups in total. The number of Topliss-reactive ketones (excluding diaryl/α,β-unsaturated/α-hetero) is 1. The Kier molecular flexibility index (Phi) is 5.00. The third-order valence-corrected chi connectivity index (χ3v) is 8.70. The van der Waals surface area contributed by atoms with E-state index in [9.17, 15) is 15.3 Å². The van der Waals surface area contributed by atoms with Crippen LogP contribution in [0, 0.1) is 28.1 Å². The van der Waals surface area contributed by atoms with Crippen molar-refractivity contribution in [2.45, 2.75) is 58.3 Å². The summed E-state index contributed by atoms with van der Waals surface area (Å²) >= 11 is 3.15. The van der Waals surface area contributed by atoms with Crippen molar-refractivity contribution in [3.05, 3.63) is 61.1 Å². The van der Waals surface area contributed by atoms with Gasteiger partial charge in [-0.1, -0.05) is 13.8 Å². The molecule has 32 heavy (non-hydrogen) atoms. The van der Waals surface area contributed by atoms with E-state index in [1.165, 1.54) is 4.88 Å². The molecular formula is C25H24N4OS2. The van der Waals surface area contributed by atoms with Gasteiger partial charge in [-0.15, -0.1) is 11.3 Å². The number of carbonyl (C=O) groups excluding carboxylic acids is 1. The second-order valence-corrected chi connectivity index (χ2v) is 11.4. The maximum absolute atomic E-state index is 13.5. The molecule has 2 aliphatic carbocycles. The lowest BCUT2D eigenvalue weighted by atomic mass is 9.69. The number of aryl methyl sites for hydroxylation is 1. The Labute approximate surface area is 196 Å². The van der Waals surface area contributed by atoms with E-state index >= 15 is 0 Å². The first-order valence-corrected chi connectivity index (χ1v) is 12.6. The van der Waals surface area contributed by atoms with Crippen LogP contribution in [0.5, 0.6) is 0 Å². The minimum absolute atomic E-state index is 0.0672. The monoisotopic (exact) mass is 460 g/mol. The van der Waals surface area contributed by atoms with Gasteiger partial charge in [0.2, 0.25) is 0 Å². The standard InChI is InChI=1S/C25H24N4OS2/c1-25(2)9-18-22(19(30)10-25)21(14-7-8-31-13-14)17(12-27)23(28)29(18)24-16(11-26)15-5-3-4-6-20(15)32-24/h7-8,13,21H,3-6,9-10,28H2,1-2H3/t21-/m0/s1. The summed E-state index contributed by atoms with van der Waals surface area (Å²) in [6.07, 6.45) is 5.15. The van der Waals surface area contributed by atoms with Crippen molar-refractivity contribution in [3.8, 4) is 12.1 Å². The molecule has 0 saturated heterocycles. The van der Waals surface area contributed by atoms with Crippen molar-refractivity contribution < 1.29 is 4.79 Å². The number of allylic oxidation sites excluding steroid dienone is 3. The number of fused-ring (bicyclic) bond motifs is 1. The smallest absolute Gasteiger partial charge is 0.162 e. The summed E-state index contributed by atoms with van der Waals surface area (Å²) in [5.41, 5.74) is 11.1. The van der Waals surface area contributed by atoms with E-state index in [1.807, 2.05) is 21.7 Å². The van der Waals surface area contributed by atoms with E-state index in [0.717, 1.165) is 47.5 Å². The van der Waals surface area contributed by atoms with E-state index in [0.29, 0.717) is 35.4 Å². The van der Waals surface area contributed by atoms with Gasteiger partial charge in [-0.2, -0.15) is 21.9 Å². The molecule has 0 saturated carbocycles. The van der Waals surface area contributed by atoms with Crippen molar-refractivity contribution in [2.24, 2.45) is 11.1 Å². The van der Waals surface area contributed by atoms with Crippen molar-refractivity contribution in [1.82, 2.24) is 0 Å². The molecule has 2 aromatic heterocycles. The normalized spacial score (nSPS) is 22.3. The van der Waals surface area contributed by atoms with Gasteiger partial charge in [-0.3, -0.25) is 9.69 Å². The highest BCUT2D eigenvalue weighted by Gasteiger charge is 2.45. The van der Waals surface area contributed by atoms with Crippen LogP contribution in [0.1, 0.15) is 67.0 Å². The van der Waals surface area contributed by atoms with E-state index in [2.05, 4.69) is 26.0 Å². The Bertz CT molecular complexity index is 1260. The molecule has 162 valence electrons. The van der Waals surface area contributed by atoms with Crippen LogP contribution in [-0.4, -0.2) is 5.78 Å². The number of carbonyl (C=O) groups is 1. The van der Waals surface area contributed by atoms with Gasteiger partial charge >= 0.3 is 0 Å². The van der Waals surface area contributed by atoms with Crippen LogP contribution in [0.2, 0.25) is 0 Å². The molecule has 5 rings (SSSR count). The molecule has 0 radical (unpaired) electrons. The predicted molar refractivity (Wildman–Crippen MR) is 127 cm³/mol. The fraction of sp³-hybridized carbons (Fsp3) is 0.400. The van der Waals surface area contributed by atoms with Gasteiger partial charge in [-0.25, -0.2) is 0 Å². The van der Waals surface area contributed by atoms with E-state index in [4.69, 9.17) is 5.73 Å². The molecule has 7 heteroatoms. The molecule has 0 spiro atoms. The van der Waals surface area contributed by atoms with Crippen LogP contribution in [0.4, 0.5) is 5.00 Å². The number of nitrogens with two attached hydrogens (primary N) is 1. The number of anilines is 1. The zero-order valence-corrected chi connectivity index (χ0v) is 19.8. The predicted octanol–water partition coefficient (Wildman–Crippen LogP) is 5.50. The summed E-state index contributed by atoms with van der Waals surface area (Å²) in [7, 11) is 0. The molecule has 2 aromatic rings. The molecular weight excluding hydrogens is 436 g/mol. The van der Waals surface area contributed by atoms with Crippen LogP contribution in [0.3, 0.4) is 0 Å². The molecule has 3 heterocycles. The Balaban J connectivity index is 1.79. The Morgan fingerprint density at radius 1 is 1.19 bits per heavy atom. The second kappa shape index (κ2) is 7.62. The highest BCUT2D eigenvalue weighted by molar-refractivity contribution is 7.16. The van der Waals surface area contributed by atoms with Crippen LogP contribution in [0.25, 0.3) is 0 Å². The Morgan fingerprint density at radius 2 is 1.97 bits per heavy atom. The first kappa shape index (κ1) is 21.0. The summed E-state index contributed by atoms with van der Waals surface area (Å²) in [6, 6.07) is 6.71. The van der Waals surface area contributed by atoms with Crippen molar-refractivity contribution in [3.63, 3.8) is 0 Å². The number of rotatable bonds is 2. The van der Waals surface area contributed by atoms with E-state index in [1.54, 1.807) is 22.7 Å². The molecule has 0 amide bonds. The molecule has 1 aliphatic heterocycles. The molecule has 0 unspecified atom stereocenters. The van der Waals surface area contributed by atoms with Crippen LogP contribution in [0.15, 0.2) is 39.5 Å². The molecule has 5 nitrogen and oxygen atoms in total.